The molecule has 1 aromatic rings. The topological polar surface area (TPSA) is 37.4 Å². The molecule has 2 heterocycles. The number of anilines is 1. The van der Waals surface area contributed by atoms with E-state index in [0.717, 1.165) is 44.5 Å². The SMILES string of the molecule is CCC1CCN(c2ccc(CNCCOC)cn2)C1. The van der Waals surface area contributed by atoms with Crippen molar-refractivity contribution in [2.24, 2.45) is 5.92 Å². The molecule has 1 saturated heterocycles. The fourth-order valence-corrected chi connectivity index (χ4v) is 2.49. The minimum absolute atomic E-state index is 0.748. The van der Waals surface area contributed by atoms with Crippen LogP contribution < -0.4 is 10.2 Å². The maximum Gasteiger partial charge on any atom is 0.128 e. The highest BCUT2D eigenvalue weighted by atomic mass is 16.5. The Balaban J connectivity index is 1.81. The molecule has 1 aliphatic rings. The van der Waals surface area contributed by atoms with Crippen LogP contribution in [0.5, 0.6) is 0 Å². The summed E-state index contributed by atoms with van der Waals surface area (Å²) in [5.74, 6) is 1.97. The molecule has 0 spiro atoms. The quantitative estimate of drug-likeness (QED) is 0.764. The van der Waals surface area contributed by atoms with Crippen LogP contribution in [0.4, 0.5) is 5.82 Å². The lowest BCUT2D eigenvalue weighted by atomic mass is 10.1. The Morgan fingerprint density at radius 1 is 1.47 bits per heavy atom. The van der Waals surface area contributed by atoms with Crippen LogP contribution in [0, 0.1) is 5.92 Å². The van der Waals surface area contributed by atoms with Crippen LogP contribution in [0.15, 0.2) is 18.3 Å². The first-order chi connectivity index (χ1) is 9.33. The number of ether oxygens (including phenoxy) is 1. The van der Waals surface area contributed by atoms with Crippen molar-refractivity contribution < 1.29 is 4.74 Å². The second-order valence-electron chi connectivity index (χ2n) is 5.20. The van der Waals surface area contributed by atoms with Gasteiger partial charge in [0.1, 0.15) is 5.82 Å². The first-order valence-corrected chi connectivity index (χ1v) is 7.23. The second kappa shape index (κ2) is 7.46. The van der Waals surface area contributed by atoms with Crippen molar-refractivity contribution >= 4 is 5.82 Å². The van der Waals surface area contributed by atoms with E-state index in [-0.39, 0.29) is 0 Å². The third-order valence-electron chi connectivity index (χ3n) is 3.81. The van der Waals surface area contributed by atoms with Crippen LogP contribution in [-0.2, 0) is 11.3 Å². The molecule has 4 heteroatoms. The fourth-order valence-electron chi connectivity index (χ4n) is 2.49. The van der Waals surface area contributed by atoms with Crippen molar-refractivity contribution in [1.29, 1.82) is 0 Å². The molecule has 1 unspecified atom stereocenters. The second-order valence-corrected chi connectivity index (χ2v) is 5.20. The molecule has 1 atom stereocenters. The standard InChI is InChI=1S/C15H25N3O/c1-3-13-6-8-18(12-13)15-5-4-14(11-17-15)10-16-7-9-19-2/h4-5,11,13,16H,3,6-10,12H2,1-2H3. The van der Waals surface area contributed by atoms with E-state index in [1.807, 2.05) is 6.20 Å². The molecule has 0 amide bonds. The summed E-state index contributed by atoms with van der Waals surface area (Å²) < 4.78 is 5.00. The smallest absolute Gasteiger partial charge is 0.128 e. The fraction of sp³-hybridized carbons (Fsp3) is 0.667. The van der Waals surface area contributed by atoms with Gasteiger partial charge < -0.3 is 15.0 Å². The average Bonchev–Trinajstić information content (AvgIpc) is 2.93. The normalized spacial score (nSPS) is 19.1. The summed E-state index contributed by atoms with van der Waals surface area (Å²) in [4.78, 5) is 6.98. The van der Waals surface area contributed by atoms with Crippen molar-refractivity contribution in [1.82, 2.24) is 10.3 Å². The van der Waals surface area contributed by atoms with Gasteiger partial charge in [-0.05, 0) is 24.0 Å². The van der Waals surface area contributed by atoms with Gasteiger partial charge in [-0.2, -0.15) is 0 Å². The van der Waals surface area contributed by atoms with E-state index in [0.29, 0.717) is 0 Å². The molecule has 19 heavy (non-hydrogen) atoms. The number of hydrogen-bond donors (Lipinski definition) is 1. The molecule has 106 valence electrons. The summed E-state index contributed by atoms with van der Waals surface area (Å²) >= 11 is 0. The van der Waals surface area contributed by atoms with Gasteiger partial charge in [-0.1, -0.05) is 19.4 Å². The maximum absolute atomic E-state index is 5.00. The Bertz CT molecular complexity index is 366. The van der Waals surface area contributed by atoms with Gasteiger partial charge in [-0.15, -0.1) is 0 Å². The number of hydrogen-bond acceptors (Lipinski definition) is 4. The van der Waals surface area contributed by atoms with Gasteiger partial charge in [0, 0.05) is 39.5 Å². The predicted octanol–water partition coefficient (Wildman–Crippen LogP) is 2.05. The number of aromatic nitrogens is 1. The summed E-state index contributed by atoms with van der Waals surface area (Å²) in [5.41, 5.74) is 1.23. The molecule has 2 rings (SSSR count). The Morgan fingerprint density at radius 2 is 2.37 bits per heavy atom. The van der Waals surface area contributed by atoms with Crippen LogP contribution in [0.2, 0.25) is 0 Å². The van der Waals surface area contributed by atoms with Crippen LogP contribution in [-0.4, -0.2) is 38.3 Å². The Kier molecular flexibility index (Phi) is 5.61. The van der Waals surface area contributed by atoms with Gasteiger partial charge in [0.25, 0.3) is 0 Å². The monoisotopic (exact) mass is 263 g/mol. The van der Waals surface area contributed by atoms with E-state index in [1.165, 1.54) is 18.4 Å². The number of rotatable bonds is 7. The molecule has 4 nitrogen and oxygen atoms in total. The van der Waals surface area contributed by atoms with Crippen LogP contribution >= 0.6 is 0 Å². The summed E-state index contributed by atoms with van der Waals surface area (Å²) in [6, 6.07) is 4.31. The van der Waals surface area contributed by atoms with E-state index in [2.05, 4.69) is 34.3 Å². The van der Waals surface area contributed by atoms with E-state index in [1.54, 1.807) is 7.11 Å². The number of methoxy groups -OCH3 is 1. The molecule has 1 N–H and O–H groups in total. The Morgan fingerprint density at radius 3 is 3.00 bits per heavy atom. The largest absolute Gasteiger partial charge is 0.383 e. The number of pyridine rings is 1. The van der Waals surface area contributed by atoms with Gasteiger partial charge in [0.2, 0.25) is 0 Å². The highest BCUT2D eigenvalue weighted by molar-refractivity contribution is 5.40. The lowest BCUT2D eigenvalue weighted by molar-refractivity contribution is 0.199. The molecule has 0 radical (unpaired) electrons. The summed E-state index contributed by atoms with van der Waals surface area (Å²) in [6.45, 7) is 7.07. The van der Waals surface area contributed by atoms with Gasteiger partial charge in [-0.25, -0.2) is 4.98 Å². The summed E-state index contributed by atoms with van der Waals surface area (Å²) in [5, 5.41) is 3.33. The highest BCUT2D eigenvalue weighted by Crippen LogP contribution is 2.23. The lowest BCUT2D eigenvalue weighted by Gasteiger charge is -2.17. The zero-order valence-electron chi connectivity index (χ0n) is 12.1. The lowest BCUT2D eigenvalue weighted by Crippen LogP contribution is -2.21. The zero-order chi connectivity index (χ0) is 13.5. The van der Waals surface area contributed by atoms with Crippen LogP contribution in [0.3, 0.4) is 0 Å². The van der Waals surface area contributed by atoms with E-state index in [9.17, 15) is 0 Å². The van der Waals surface area contributed by atoms with Crippen LogP contribution in [0.1, 0.15) is 25.3 Å². The molecule has 1 fully saturated rings. The molecule has 0 aliphatic carbocycles. The van der Waals surface area contributed by atoms with Crippen LogP contribution in [0.25, 0.3) is 0 Å². The first kappa shape index (κ1) is 14.3. The third kappa shape index (κ3) is 4.18. The summed E-state index contributed by atoms with van der Waals surface area (Å²) in [6.07, 6.45) is 4.56. The van der Waals surface area contributed by atoms with Crippen molar-refractivity contribution in [2.45, 2.75) is 26.3 Å². The third-order valence-corrected chi connectivity index (χ3v) is 3.81. The average molecular weight is 263 g/mol. The molecule has 1 aromatic heterocycles. The minimum atomic E-state index is 0.748. The van der Waals surface area contributed by atoms with E-state index < -0.39 is 0 Å². The van der Waals surface area contributed by atoms with Gasteiger partial charge >= 0.3 is 0 Å². The number of nitrogens with zero attached hydrogens (tertiary/aromatic N) is 2. The molecular weight excluding hydrogens is 238 g/mol. The van der Waals surface area contributed by atoms with Gasteiger partial charge in [0.05, 0.1) is 6.61 Å². The molecule has 1 aliphatic heterocycles. The van der Waals surface area contributed by atoms with Crippen molar-refractivity contribution in [3.05, 3.63) is 23.9 Å². The molecule has 0 aromatic carbocycles. The highest BCUT2D eigenvalue weighted by Gasteiger charge is 2.21. The summed E-state index contributed by atoms with van der Waals surface area (Å²) in [7, 11) is 1.72. The molecule has 0 bridgehead atoms. The zero-order valence-corrected chi connectivity index (χ0v) is 12.1. The predicted molar refractivity (Wildman–Crippen MR) is 78.4 cm³/mol. The van der Waals surface area contributed by atoms with Crippen molar-refractivity contribution in [3.63, 3.8) is 0 Å². The van der Waals surface area contributed by atoms with E-state index >= 15 is 0 Å². The first-order valence-electron chi connectivity index (χ1n) is 7.23. The minimum Gasteiger partial charge on any atom is -0.383 e. The number of nitrogens with one attached hydrogen (secondary N) is 1. The van der Waals surface area contributed by atoms with Crippen molar-refractivity contribution in [3.8, 4) is 0 Å². The van der Waals surface area contributed by atoms with Crippen molar-refractivity contribution in [2.75, 3.05) is 38.3 Å². The Labute approximate surface area is 116 Å². The van der Waals surface area contributed by atoms with Gasteiger partial charge in [-0.3, -0.25) is 0 Å². The molecule has 0 saturated carbocycles. The maximum atomic E-state index is 5.00. The molecular formula is C15H25N3O. The van der Waals surface area contributed by atoms with E-state index in [4.69, 9.17) is 4.74 Å². The Hall–Kier alpha value is -1.13. The van der Waals surface area contributed by atoms with Gasteiger partial charge in [0.15, 0.2) is 0 Å².